The van der Waals surface area contributed by atoms with E-state index < -0.39 is 18.2 Å². The molecular weight excluding hydrogens is 1870 g/mol. The maximum atomic E-state index is 13.9. The van der Waals surface area contributed by atoms with Crippen molar-refractivity contribution in [3.63, 3.8) is 0 Å². The van der Waals surface area contributed by atoms with E-state index in [9.17, 15) is 55.9 Å². The van der Waals surface area contributed by atoms with Gasteiger partial charge in [0.15, 0.2) is 0 Å². The molecule has 7 aromatic carbocycles. The molecule has 21 nitrogen and oxygen atoms in total. The monoisotopic (exact) mass is 1980 g/mol. The minimum absolute atomic E-state index is 0. The molecule has 4 aliphatic carbocycles. The van der Waals surface area contributed by atoms with Gasteiger partial charge in [-0.2, -0.15) is 0 Å². The van der Waals surface area contributed by atoms with E-state index in [-0.39, 0.29) is 186 Å². The van der Waals surface area contributed by atoms with Crippen molar-refractivity contribution >= 4 is 125 Å². The standard InChI is InChI=1S/C27H27FN2O3.C26H25FN2O3.C19H22FNO2.C17H18FNO2.C10H10O2.C5H9ClO.CH3I.CH4.Li.Na.2H2O/c1-17(26(31)30-25(16-33-27(30)32)20-5-3-2-4-6-20)18-7-9-19(10-8-18)22-13-14-29-24-12-11-21(28)15-23(22)24;27-20-10-11-23-22(15-20)21(12-13-28-23)18-8-6-17(7-9-18)14-25(30)29-24(16-32-26(29)31)19-4-2-1-3-5-19;1-2-23-19(22)11-13-3-5-14(6-4-13)16-9-10-21-18-8-7-15(20)12-17(16)18;18-13-5-6-16-15(10-13)14(7-8-19-16)12-3-1-11(2-4-12)9-17(20)21;11-10-6-9(7-12-10)8-4-2-1-3-5-8;1-5(2,3)4(6)7;1-2;;;;;/h2-6,11-15,17-19,25H,7-10,16H2,1H3;1-5,10-13,15,17-18,24H,6-9,14,16H2;7-10,12-14H,2-6,11H2,1H3;5-8,10-12H,1-4,9H2,(H,20,21);1-5,9H,6-7H2;1-3H3;1H3;1H4;;;2*1H2/q;;;;;;;;2*+1;;/p-2/t17-,18?,19?,25+;17?,18?,24-;;;9-;;;;;;;/m10..0......./s1. The van der Waals surface area contributed by atoms with Gasteiger partial charge in [-0.25, -0.2) is 37.0 Å². The number of aromatic nitrogens is 4. The van der Waals surface area contributed by atoms with E-state index >= 15 is 0 Å². The van der Waals surface area contributed by atoms with E-state index in [1.54, 1.807) is 94.1 Å². The van der Waals surface area contributed by atoms with Crippen LogP contribution in [0.5, 0.6) is 0 Å². The van der Waals surface area contributed by atoms with Crippen molar-refractivity contribution in [3.8, 4) is 0 Å². The summed E-state index contributed by atoms with van der Waals surface area (Å²) in [4.78, 5) is 116. The number of rotatable bonds is 16. The quantitative estimate of drug-likeness (QED) is 0.0179. The number of carboxylic acids is 1. The van der Waals surface area contributed by atoms with Gasteiger partial charge >= 0.3 is 78.5 Å². The molecule has 18 rings (SSSR count). The molecule has 7 aliphatic rings. The summed E-state index contributed by atoms with van der Waals surface area (Å²) in [5, 5.41) is 12.1. The van der Waals surface area contributed by atoms with Gasteiger partial charge in [-0.3, -0.25) is 48.7 Å². The molecule has 3 N–H and O–H groups in total. The molecule has 708 valence electrons. The van der Waals surface area contributed by atoms with Gasteiger partial charge in [-0.05, 0) is 310 Å². The number of hydrogen-bond donors (Lipinski definition) is 1. The summed E-state index contributed by atoms with van der Waals surface area (Å²) in [7, 11) is 0. The maximum Gasteiger partial charge on any atom is 1.00 e. The van der Waals surface area contributed by atoms with Gasteiger partial charge in [0.25, 0.3) is 0 Å². The smallest absolute Gasteiger partial charge is 0.870 e. The van der Waals surface area contributed by atoms with Gasteiger partial charge < -0.3 is 35.0 Å². The van der Waals surface area contributed by atoms with Crippen molar-refractivity contribution < 1.29 is 139 Å². The van der Waals surface area contributed by atoms with Crippen LogP contribution in [-0.4, -0.2) is 124 Å². The number of aliphatic carboxylic acids is 1. The van der Waals surface area contributed by atoms with E-state index in [4.69, 9.17) is 35.7 Å². The summed E-state index contributed by atoms with van der Waals surface area (Å²) in [6.45, 7) is 10.5. The van der Waals surface area contributed by atoms with Crippen molar-refractivity contribution in [2.75, 3.05) is 31.4 Å². The number of amides is 4. The fraction of sp³-hybridized carbons (Fsp3) is 0.415. The number of alkyl halides is 1. The average Bonchev–Trinajstić information content (AvgIpc) is 1.71. The number of benzene rings is 7. The zero-order chi connectivity index (χ0) is 92.5. The first kappa shape index (κ1) is 112. The van der Waals surface area contributed by atoms with E-state index in [1.807, 2.05) is 134 Å². The summed E-state index contributed by atoms with van der Waals surface area (Å²) in [5.41, 5.74) is 10.5. The van der Waals surface area contributed by atoms with Crippen LogP contribution in [0.3, 0.4) is 0 Å². The Balaban J connectivity index is 0.000000229. The van der Waals surface area contributed by atoms with Gasteiger partial charge in [0.1, 0.15) is 48.6 Å². The summed E-state index contributed by atoms with van der Waals surface area (Å²) in [5.74, 6) is 0.378. The van der Waals surface area contributed by atoms with E-state index in [1.165, 1.54) is 45.2 Å². The zero-order valence-corrected chi connectivity index (χ0v) is 82.2. The number of pyridine rings is 4. The second kappa shape index (κ2) is 54.5. The van der Waals surface area contributed by atoms with Gasteiger partial charge in [0.2, 0.25) is 17.1 Å². The number of ether oxygens (including phenoxy) is 4. The molecular formula is C106H120ClF4ILiN6NaO15. The third kappa shape index (κ3) is 30.7. The Hall–Kier alpha value is -9.60. The first-order valence-corrected chi connectivity index (χ1v) is 47.7. The SMILES string of the molecule is C.CC(C)(C)C(=O)Cl.CCOC(=O)CC1CCC(c2ccnc3ccc(F)cc23)CC1.CI.C[C@@H](C(=O)N1C(=O)OC[C@H]1c1ccccc1)C1CCC(c2ccnc3ccc(F)cc23)CC1.O=C(CC1CCC(c2ccnc3ccc(F)cc23)CC1)N1C(=O)OC[C@H]1c1ccccc1.O=C(O)CC1CCC(c2ccnc3ccc(F)cc23)CC1.O=C1C[C@H](c2ccccc2)CO1.[Li+].[Na+].[OH-].[OH-]. The molecule has 0 spiro atoms. The molecule has 0 radical (unpaired) electrons. The van der Waals surface area contributed by atoms with Crippen LogP contribution in [0.25, 0.3) is 43.6 Å². The fourth-order valence-electron chi connectivity index (χ4n) is 19.1. The van der Waals surface area contributed by atoms with Crippen LogP contribution in [0, 0.1) is 58.3 Å². The first-order valence-electron chi connectivity index (χ1n) is 45.1. The van der Waals surface area contributed by atoms with Crippen molar-refractivity contribution in [3.05, 3.63) is 275 Å². The number of carbonyl (C=O) groups excluding carboxylic acids is 7. The van der Waals surface area contributed by atoms with Crippen LogP contribution in [0.1, 0.15) is 251 Å². The van der Waals surface area contributed by atoms with Crippen molar-refractivity contribution in [1.82, 2.24) is 29.7 Å². The minimum Gasteiger partial charge on any atom is -0.870 e. The third-order valence-electron chi connectivity index (χ3n) is 26.1. The number of halogens is 6. The van der Waals surface area contributed by atoms with E-state index in [2.05, 4.69) is 42.5 Å². The van der Waals surface area contributed by atoms with Gasteiger partial charge in [0.05, 0.1) is 41.7 Å². The molecule has 11 aromatic rings. The van der Waals surface area contributed by atoms with E-state index in [0.29, 0.717) is 62.1 Å². The summed E-state index contributed by atoms with van der Waals surface area (Å²) >= 11 is 7.26. The number of hydrogen-bond acceptors (Lipinski definition) is 18. The molecule has 4 saturated carbocycles. The minimum atomic E-state index is -0.713. The van der Waals surface area contributed by atoms with Crippen molar-refractivity contribution in [2.24, 2.45) is 35.0 Å². The first-order chi connectivity index (χ1) is 62.7. The number of carbonyl (C=O) groups is 8. The molecule has 3 saturated heterocycles. The number of imide groups is 2. The van der Waals surface area contributed by atoms with E-state index in [0.717, 1.165) is 174 Å². The Morgan fingerprint density at radius 1 is 0.459 bits per heavy atom. The number of carboxylic acid groups (broad SMARTS) is 1. The van der Waals surface area contributed by atoms with Gasteiger partial charge in [0, 0.05) is 82.8 Å². The topological polar surface area (TPSA) is 312 Å². The number of esters is 2. The van der Waals surface area contributed by atoms with Crippen LogP contribution < -0.4 is 48.4 Å². The summed E-state index contributed by atoms with van der Waals surface area (Å²) in [6, 6.07) is 55.3. The predicted molar refractivity (Wildman–Crippen MR) is 513 cm³/mol. The summed E-state index contributed by atoms with van der Waals surface area (Å²) < 4.78 is 75.1. The Bertz CT molecular complexity index is 5710. The molecule has 4 atom stereocenters. The number of cyclic esters (lactones) is 3. The second-order valence-corrected chi connectivity index (χ2v) is 36.0. The third-order valence-corrected chi connectivity index (χ3v) is 26.7. The molecule has 0 bridgehead atoms. The van der Waals surface area contributed by atoms with Crippen molar-refractivity contribution in [1.29, 1.82) is 0 Å². The Labute approximate surface area is 840 Å². The number of fused-ring (bicyclic) bond motifs is 4. The van der Waals surface area contributed by atoms with Crippen LogP contribution >= 0.6 is 34.2 Å². The predicted octanol–water partition coefficient (Wildman–Crippen LogP) is 19.3. The molecule has 3 aliphatic heterocycles. The van der Waals surface area contributed by atoms with Crippen LogP contribution in [-0.2, 0) is 47.7 Å². The molecule has 29 heteroatoms. The Morgan fingerprint density at radius 2 is 0.778 bits per heavy atom. The summed E-state index contributed by atoms with van der Waals surface area (Å²) in [6.07, 6.45) is 22.8. The van der Waals surface area contributed by atoms with Crippen LogP contribution in [0.2, 0.25) is 0 Å². The van der Waals surface area contributed by atoms with Gasteiger partial charge in [-0.15, -0.1) is 0 Å². The van der Waals surface area contributed by atoms with Crippen molar-refractivity contribution in [2.45, 2.75) is 212 Å². The normalized spacial score (nSPS) is 21.1. The largest absolute Gasteiger partial charge is 1.00 e. The van der Waals surface area contributed by atoms with Crippen LogP contribution in [0.4, 0.5) is 27.2 Å². The molecule has 4 amide bonds. The number of nitrogens with zero attached hydrogens (tertiary/aromatic N) is 6. The Morgan fingerprint density at radius 3 is 1.10 bits per heavy atom. The average molecular weight is 1990 g/mol. The molecule has 7 fully saturated rings. The molecule has 0 unspecified atom stereocenters. The molecule has 135 heavy (non-hydrogen) atoms. The maximum absolute atomic E-state index is 13.9. The second-order valence-electron chi connectivity index (χ2n) is 35.6. The Kier molecular flexibility index (Phi) is 45.4. The molecule has 7 heterocycles. The zero-order valence-electron chi connectivity index (χ0n) is 77.3. The fourth-order valence-corrected chi connectivity index (χ4v) is 19.1. The van der Waals surface area contributed by atoms with Gasteiger partial charge in [-0.1, -0.05) is 149 Å². The van der Waals surface area contributed by atoms with Crippen LogP contribution in [0.15, 0.2) is 213 Å². The molecule has 4 aromatic heterocycles.